The molecule has 3 saturated carbocycles. The smallest absolute Gasteiger partial charge is 0.258 e. The first kappa shape index (κ1) is 18.9. The lowest BCUT2D eigenvalue weighted by molar-refractivity contribution is -0.164. The van der Waals surface area contributed by atoms with E-state index in [1.165, 1.54) is 12.1 Å². The quantitative estimate of drug-likeness (QED) is 0.714. The Hall–Kier alpha value is -2.47. The maximum atomic E-state index is 13.4. The third kappa shape index (κ3) is 3.49. The number of rotatable bonds is 7. The lowest BCUT2D eigenvalue weighted by atomic mass is 9.38. The van der Waals surface area contributed by atoms with Crippen LogP contribution in [0.5, 0.6) is 5.75 Å². The summed E-state index contributed by atoms with van der Waals surface area (Å²) >= 11 is 5.62. The summed E-state index contributed by atoms with van der Waals surface area (Å²) in [6.07, 6.45) is 6.18. The van der Waals surface area contributed by atoms with Gasteiger partial charge in [0, 0.05) is 36.0 Å². The number of halogens is 2. The summed E-state index contributed by atoms with van der Waals surface area (Å²) in [5.74, 6) is -0.477. The summed E-state index contributed by atoms with van der Waals surface area (Å²) in [7, 11) is 0. The van der Waals surface area contributed by atoms with E-state index in [1.807, 2.05) is 13.0 Å². The lowest BCUT2D eigenvalue weighted by Gasteiger charge is -2.70. The highest BCUT2D eigenvalue weighted by Gasteiger charge is 2.68. The van der Waals surface area contributed by atoms with Crippen molar-refractivity contribution >= 4 is 23.3 Å². The molecule has 1 aromatic carbocycles. The zero-order chi connectivity index (χ0) is 19.9. The van der Waals surface area contributed by atoms with Gasteiger partial charge in [-0.2, -0.15) is 0 Å². The summed E-state index contributed by atoms with van der Waals surface area (Å²) in [6, 6.07) is 5.89. The largest absolute Gasteiger partial charge is 0.484 e. The molecule has 28 heavy (non-hydrogen) atoms. The van der Waals surface area contributed by atoms with Gasteiger partial charge in [0.15, 0.2) is 12.4 Å². The van der Waals surface area contributed by atoms with Gasteiger partial charge in [-0.05, 0) is 55.4 Å². The van der Waals surface area contributed by atoms with E-state index in [1.54, 1.807) is 12.4 Å². The molecule has 0 aliphatic heterocycles. The van der Waals surface area contributed by atoms with Crippen molar-refractivity contribution in [3.8, 4) is 5.75 Å². The van der Waals surface area contributed by atoms with E-state index >= 15 is 0 Å². The molecule has 0 radical (unpaired) electrons. The standard InChI is InChI=1S/C21H20ClFN2O3/c1-13-4-5-24-8-15(13)18(26)7-20-10-21(11-20,12-20)25-19(27)9-28-14-2-3-16(22)17(23)6-14/h2-6,8H,7,9-12H2,1H3,(H,25,27). The minimum Gasteiger partial charge on any atom is -0.484 e. The number of carbonyl (C=O) groups is 2. The van der Waals surface area contributed by atoms with Crippen LogP contribution in [0.25, 0.3) is 0 Å². The molecular weight excluding hydrogens is 383 g/mol. The Labute approximate surface area is 167 Å². The van der Waals surface area contributed by atoms with Crippen LogP contribution in [-0.2, 0) is 4.79 Å². The van der Waals surface area contributed by atoms with Crippen molar-refractivity contribution in [3.05, 3.63) is 58.6 Å². The molecule has 146 valence electrons. The topological polar surface area (TPSA) is 68.3 Å². The minimum absolute atomic E-state index is 0.00647. The fourth-order valence-corrected chi connectivity index (χ4v) is 4.67. The number of amides is 1. The minimum atomic E-state index is -0.588. The number of nitrogens with zero attached hydrogens (tertiary/aromatic N) is 1. The number of aromatic nitrogens is 1. The van der Waals surface area contributed by atoms with Gasteiger partial charge in [-0.15, -0.1) is 0 Å². The van der Waals surface area contributed by atoms with Gasteiger partial charge in [0.25, 0.3) is 5.91 Å². The Morgan fingerprint density at radius 3 is 2.71 bits per heavy atom. The van der Waals surface area contributed by atoms with E-state index < -0.39 is 5.82 Å². The molecule has 2 bridgehead atoms. The molecule has 0 saturated heterocycles. The van der Waals surface area contributed by atoms with Crippen molar-refractivity contribution in [2.45, 2.75) is 38.1 Å². The summed E-state index contributed by atoms with van der Waals surface area (Å²) in [4.78, 5) is 28.8. The molecule has 2 aromatic rings. The van der Waals surface area contributed by atoms with Gasteiger partial charge in [0.1, 0.15) is 11.6 Å². The molecule has 1 N–H and O–H groups in total. The van der Waals surface area contributed by atoms with Crippen molar-refractivity contribution in [3.63, 3.8) is 0 Å². The van der Waals surface area contributed by atoms with Crippen LogP contribution in [0.3, 0.4) is 0 Å². The van der Waals surface area contributed by atoms with E-state index in [9.17, 15) is 14.0 Å². The van der Waals surface area contributed by atoms with Crippen LogP contribution >= 0.6 is 11.6 Å². The number of benzene rings is 1. The number of aryl methyl sites for hydroxylation is 1. The van der Waals surface area contributed by atoms with Crippen LogP contribution in [0.1, 0.15) is 41.6 Å². The van der Waals surface area contributed by atoms with Gasteiger partial charge < -0.3 is 10.1 Å². The molecule has 0 unspecified atom stereocenters. The van der Waals surface area contributed by atoms with Crippen LogP contribution in [0, 0.1) is 18.2 Å². The molecule has 1 heterocycles. The van der Waals surface area contributed by atoms with E-state index in [-0.39, 0.29) is 40.0 Å². The van der Waals surface area contributed by atoms with Crippen LogP contribution in [-0.4, -0.2) is 28.8 Å². The predicted molar refractivity (Wildman–Crippen MR) is 102 cm³/mol. The summed E-state index contributed by atoms with van der Waals surface area (Å²) in [5.41, 5.74) is 1.38. The highest BCUT2D eigenvalue weighted by molar-refractivity contribution is 6.30. The van der Waals surface area contributed by atoms with Crippen molar-refractivity contribution in [1.29, 1.82) is 0 Å². The molecule has 0 atom stereocenters. The number of ether oxygens (including phenoxy) is 1. The maximum absolute atomic E-state index is 13.4. The Kier molecular flexibility index (Phi) is 4.62. The van der Waals surface area contributed by atoms with Crippen LogP contribution < -0.4 is 10.1 Å². The van der Waals surface area contributed by atoms with E-state index in [2.05, 4.69) is 10.3 Å². The summed E-state index contributed by atoms with van der Waals surface area (Å²) in [6.45, 7) is 1.72. The Morgan fingerprint density at radius 1 is 1.29 bits per heavy atom. The second-order valence-corrected chi connectivity index (χ2v) is 8.42. The molecule has 1 amide bonds. The third-order valence-electron chi connectivity index (χ3n) is 5.68. The number of hydrogen-bond acceptors (Lipinski definition) is 4. The second-order valence-electron chi connectivity index (χ2n) is 8.01. The van der Waals surface area contributed by atoms with Crippen molar-refractivity contribution < 1.29 is 18.7 Å². The molecule has 1 aromatic heterocycles. The number of ketones is 1. The van der Waals surface area contributed by atoms with Crippen molar-refractivity contribution in [2.24, 2.45) is 5.41 Å². The monoisotopic (exact) mass is 402 g/mol. The van der Waals surface area contributed by atoms with Gasteiger partial charge in [-0.1, -0.05) is 11.6 Å². The van der Waals surface area contributed by atoms with Crippen LogP contribution in [0.4, 0.5) is 4.39 Å². The molecule has 3 aliphatic rings. The Morgan fingerprint density at radius 2 is 2.04 bits per heavy atom. The molecule has 7 heteroatoms. The first-order valence-corrected chi connectivity index (χ1v) is 9.50. The number of hydrogen-bond donors (Lipinski definition) is 1. The SMILES string of the molecule is Cc1ccncc1C(=O)CC12CC(NC(=O)COc3ccc(Cl)c(F)c3)(C1)C2. The van der Waals surface area contributed by atoms with Gasteiger partial charge >= 0.3 is 0 Å². The highest BCUT2D eigenvalue weighted by Crippen LogP contribution is 2.69. The van der Waals surface area contributed by atoms with Gasteiger partial charge in [0.2, 0.25) is 0 Å². The third-order valence-corrected chi connectivity index (χ3v) is 5.99. The van der Waals surface area contributed by atoms with Gasteiger partial charge in [-0.25, -0.2) is 4.39 Å². The van der Waals surface area contributed by atoms with Crippen LogP contribution in [0.2, 0.25) is 5.02 Å². The first-order chi connectivity index (χ1) is 13.3. The van der Waals surface area contributed by atoms with Crippen molar-refractivity contribution in [2.75, 3.05) is 6.61 Å². The van der Waals surface area contributed by atoms with Crippen LogP contribution in [0.15, 0.2) is 36.7 Å². The summed E-state index contributed by atoms with van der Waals surface area (Å²) in [5, 5.41) is 3.00. The number of nitrogens with one attached hydrogen (secondary N) is 1. The fraction of sp³-hybridized carbons (Fsp3) is 0.381. The number of carbonyl (C=O) groups excluding carboxylic acids is 2. The first-order valence-electron chi connectivity index (χ1n) is 9.13. The molecule has 5 nitrogen and oxygen atoms in total. The number of Topliss-reactive ketones (excluding diaryl/α,β-unsaturated/α-hetero) is 1. The molecule has 3 fully saturated rings. The normalized spacial score (nSPS) is 24.7. The fourth-order valence-electron chi connectivity index (χ4n) is 4.56. The Bertz CT molecular complexity index is 943. The van der Waals surface area contributed by atoms with E-state index in [0.29, 0.717) is 12.0 Å². The second kappa shape index (κ2) is 6.85. The Balaban J connectivity index is 1.25. The molecule has 5 rings (SSSR count). The lowest BCUT2D eigenvalue weighted by Crippen LogP contribution is -2.75. The highest BCUT2D eigenvalue weighted by atomic mass is 35.5. The average Bonchev–Trinajstić information content (AvgIpc) is 2.60. The average molecular weight is 403 g/mol. The molecular formula is C21H20ClFN2O3. The van der Waals surface area contributed by atoms with Gasteiger partial charge in [0.05, 0.1) is 5.02 Å². The van der Waals surface area contributed by atoms with E-state index in [4.69, 9.17) is 16.3 Å². The van der Waals surface area contributed by atoms with E-state index in [0.717, 1.165) is 30.9 Å². The predicted octanol–water partition coefficient (Wildman–Crippen LogP) is 3.87. The van der Waals surface area contributed by atoms with Gasteiger partial charge in [-0.3, -0.25) is 14.6 Å². The van der Waals surface area contributed by atoms with Crippen molar-refractivity contribution in [1.82, 2.24) is 10.3 Å². The number of pyridine rings is 1. The zero-order valence-corrected chi connectivity index (χ0v) is 16.2. The maximum Gasteiger partial charge on any atom is 0.258 e. The molecule has 3 aliphatic carbocycles. The zero-order valence-electron chi connectivity index (χ0n) is 15.4. The summed E-state index contributed by atoms with van der Waals surface area (Å²) < 4.78 is 18.7. The molecule has 0 spiro atoms.